The van der Waals surface area contributed by atoms with Gasteiger partial charge in [0.1, 0.15) is 0 Å². The van der Waals surface area contributed by atoms with Gasteiger partial charge in [-0.3, -0.25) is 4.98 Å². The number of amides is 2. The second kappa shape index (κ2) is 8.14. The topological polar surface area (TPSA) is 63.2 Å². The van der Waals surface area contributed by atoms with Gasteiger partial charge in [-0.25, -0.2) is 4.79 Å². The van der Waals surface area contributed by atoms with Gasteiger partial charge in [-0.1, -0.05) is 18.2 Å². The summed E-state index contributed by atoms with van der Waals surface area (Å²) in [5.41, 5.74) is 2.72. The lowest BCUT2D eigenvalue weighted by atomic mass is 10.1. The third-order valence-electron chi connectivity index (χ3n) is 3.28. The summed E-state index contributed by atoms with van der Waals surface area (Å²) in [6.07, 6.45) is 3.42. The van der Waals surface area contributed by atoms with Crippen molar-refractivity contribution in [3.05, 3.63) is 59.9 Å². The summed E-state index contributed by atoms with van der Waals surface area (Å²) >= 11 is 0. The van der Waals surface area contributed by atoms with Crippen LogP contribution in [0.1, 0.15) is 31.0 Å². The number of benzene rings is 1. The van der Waals surface area contributed by atoms with E-state index in [-0.39, 0.29) is 12.1 Å². The largest absolute Gasteiger partial charge is 0.377 e. The third-order valence-corrected chi connectivity index (χ3v) is 3.28. The van der Waals surface area contributed by atoms with Crippen LogP contribution in [-0.4, -0.2) is 17.6 Å². The molecule has 1 unspecified atom stereocenters. The van der Waals surface area contributed by atoms with E-state index in [9.17, 15) is 4.79 Å². The highest BCUT2D eigenvalue weighted by molar-refractivity contribution is 5.90. The first kappa shape index (κ1) is 16.0. The molecule has 0 saturated carbocycles. The zero-order valence-electron chi connectivity index (χ0n) is 12.9. The Labute approximate surface area is 130 Å². The molecule has 2 N–H and O–H groups in total. The smallest absolute Gasteiger partial charge is 0.319 e. The Balaban J connectivity index is 1.97. The standard InChI is InChI=1S/C17H21N3O2/c1-3-22-12-15-6-4-5-7-16(15)20-17(21)19-13(2)14-8-10-18-11-9-14/h4-11,13H,3,12H2,1-2H3,(H2,19,20,21). The third kappa shape index (κ3) is 4.56. The maximum atomic E-state index is 12.1. The van der Waals surface area contributed by atoms with Crippen LogP contribution in [0.25, 0.3) is 0 Å². The van der Waals surface area contributed by atoms with Crippen molar-refractivity contribution >= 4 is 11.7 Å². The minimum Gasteiger partial charge on any atom is -0.377 e. The van der Waals surface area contributed by atoms with Crippen molar-refractivity contribution in [2.75, 3.05) is 11.9 Å². The number of hydrogen-bond acceptors (Lipinski definition) is 3. The molecule has 0 radical (unpaired) electrons. The molecule has 2 amide bonds. The summed E-state index contributed by atoms with van der Waals surface area (Å²) in [5.74, 6) is 0. The molecule has 5 nitrogen and oxygen atoms in total. The molecule has 2 aromatic rings. The van der Waals surface area contributed by atoms with E-state index in [2.05, 4.69) is 15.6 Å². The van der Waals surface area contributed by atoms with Crippen LogP contribution in [0.2, 0.25) is 0 Å². The molecule has 0 spiro atoms. The summed E-state index contributed by atoms with van der Waals surface area (Å²) < 4.78 is 5.41. The fraction of sp³-hybridized carbons (Fsp3) is 0.294. The van der Waals surface area contributed by atoms with Crippen LogP contribution in [0.5, 0.6) is 0 Å². The average molecular weight is 299 g/mol. The first-order valence-electron chi connectivity index (χ1n) is 7.33. The molecule has 2 rings (SSSR count). The molecule has 0 aliphatic rings. The van der Waals surface area contributed by atoms with Crippen molar-refractivity contribution < 1.29 is 9.53 Å². The maximum absolute atomic E-state index is 12.1. The number of ether oxygens (including phenoxy) is 1. The van der Waals surface area contributed by atoms with Gasteiger partial charge in [0.25, 0.3) is 0 Å². The highest BCUT2D eigenvalue weighted by atomic mass is 16.5. The Morgan fingerprint density at radius 3 is 2.68 bits per heavy atom. The lowest BCUT2D eigenvalue weighted by Crippen LogP contribution is -2.31. The van der Waals surface area contributed by atoms with Crippen LogP contribution in [0, 0.1) is 0 Å². The Morgan fingerprint density at radius 1 is 1.23 bits per heavy atom. The Kier molecular flexibility index (Phi) is 5.91. The number of carbonyl (C=O) groups excluding carboxylic acids is 1. The summed E-state index contributed by atoms with van der Waals surface area (Å²) in [5, 5.41) is 5.78. The molecular weight excluding hydrogens is 278 g/mol. The van der Waals surface area contributed by atoms with Crippen LogP contribution < -0.4 is 10.6 Å². The fourth-order valence-electron chi connectivity index (χ4n) is 2.07. The summed E-state index contributed by atoms with van der Waals surface area (Å²) in [6.45, 7) is 4.99. The van der Waals surface area contributed by atoms with E-state index in [1.165, 1.54) is 0 Å². The fourth-order valence-corrected chi connectivity index (χ4v) is 2.07. The molecule has 0 fully saturated rings. The molecule has 1 heterocycles. The second-order valence-corrected chi connectivity index (χ2v) is 4.89. The van der Waals surface area contributed by atoms with E-state index in [0.29, 0.717) is 13.2 Å². The number of para-hydroxylation sites is 1. The van der Waals surface area contributed by atoms with Gasteiger partial charge in [0.15, 0.2) is 0 Å². The van der Waals surface area contributed by atoms with Crippen molar-refractivity contribution in [2.45, 2.75) is 26.5 Å². The van der Waals surface area contributed by atoms with E-state index < -0.39 is 0 Å². The SMILES string of the molecule is CCOCc1ccccc1NC(=O)NC(C)c1ccncc1. The van der Waals surface area contributed by atoms with Crippen molar-refractivity contribution in [3.63, 3.8) is 0 Å². The van der Waals surface area contributed by atoms with Crippen LogP contribution in [0.4, 0.5) is 10.5 Å². The quantitative estimate of drug-likeness (QED) is 0.858. The van der Waals surface area contributed by atoms with Crippen LogP contribution in [0.15, 0.2) is 48.8 Å². The monoisotopic (exact) mass is 299 g/mol. The first-order chi connectivity index (χ1) is 10.7. The summed E-state index contributed by atoms with van der Waals surface area (Å²) in [6, 6.07) is 11.1. The highest BCUT2D eigenvalue weighted by Crippen LogP contribution is 2.17. The van der Waals surface area contributed by atoms with Gasteiger partial charge < -0.3 is 15.4 Å². The normalized spacial score (nSPS) is 11.7. The van der Waals surface area contributed by atoms with E-state index in [1.54, 1.807) is 12.4 Å². The second-order valence-electron chi connectivity index (χ2n) is 4.89. The van der Waals surface area contributed by atoms with Crippen molar-refractivity contribution in [1.29, 1.82) is 0 Å². The number of anilines is 1. The minimum atomic E-state index is -0.242. The van der Waals surface area contributed by atoms with Gasteiger partial charge in [0, 0.05) is 30.3 Å². The molecule has 1 atom stereocenters. The lowest BCUT2D eigenvalue weighted by molar-refractivity contribution is 0.134. The molecule has 1 aromatic carbocycles. The van der Waals surface area contributed by atoms with Crippen molar-refractivity contribution in [3.8, 4) is 0 Å². The van der Waals surface area contributed by atoms with Crippen LogP contribution in [-0.2, 0) is 11.3 Å². The molecule has 22 heavy (non-hydrogen) atoms. The molecule has 0 aliphatic heterocycles. The molecule has 0 aliphatic carbocycles. The number of urea groups is 1. The summed E-state index contributed by atoms with van der Waals surface area (Å²) in [4.78, 5) is 16.1. The van der Waals surface area contributed by atoms with Crippen LogP contribution >= 0.6 is 0 Å². The van der Waals surface area contributed by atoms with Gasteiger partial charge in [-0.05, 0) is 37.6 Å². The number of pyridine rings is 1. The predicted molar refractivity (Wildman–Crippen MR) is 86.6 cm³/mol. The maximum Gasteiger partial charge on any atom is 0.319 e. The molecule has 116 valence electrons. The molecule has 0 bridgehead atoms. The van der Waals surface area contributed by atoms with E-state index in [0.717, 1.165) is 16.8 Å². The molecular formula is C17H21N3O2. The number of carbonyl (C=O) groups is 1. The highest BCUT2D eigenvalue weighted by Gasteiger charge is 2.11. The number of hydrogen-bond donors (Lipinski definition) is 2. The van der Waals surface area contributed by atoms with Gasteiger partial charge in [-0.2, -0.15) is 0 Å². The van der Waals surface area contributed by atoms with Crippen LogP contribution in [0.3, 0.4) is 0 Å². The lowest BCUT2D eigenvalue weighted by Gasteiger charge is -2.16. The zero-order chi connectivity index (χ0) is 15.8. The average Bonchev–Trinajstić information content (AvgIpc) is 2.54. The Morgan fingerprint density at radius 2 is 1.95 bits per heavy atom. The van der Waals surface area contributed by atoms with Crippen molar-refractivity contribution in [1.82, 2.24) is 10.3 Å². The van der Waals surface area contributed by atoms with Gasteiger partial charge in [-0.15, -0.1) is 0 Å². The van der Waals surface area contributed by atoms with Gasteiger partial charge >= 0.3 is 6.03 Å². The van der Waals surface area contributed by atoms with E-state index in [4.69, 9.17) is 4.74 Å². The number of aromatic nitrogens is 1. The van der Waals surface area contributed by atoms with E-state index in [1.807, 2.05) is 50.2 Å². The Bertz CT molecular complexity index is 602. The molecule has 1 aromatic heterocycles. The van der Waals surface area contributed by atoms with Gasteiger partial charge in [0.2, 0.25) is 0 Å². The molecule has 0 saturated heterocycles. The zero-order valence-corrected chi connectivity index (χ0v) is 12.9. The van der Waals surface area contributed by atoms with Gasteiger partial charge in [0.05, 0.1) is 12.6 Å². The number of rotatable bonds is 6. The number of nitrogens with one attached hydrogen (secondary N) is 2. The number of nitrogens with zero attached hydrogens (tertiary/aromatic N) is 1. The summed E-state index contributed by atoms with van der Waals surface area (Å²) in [7, 11) is 0. The van der Waals surface area contributed by atoms with E-state index >= 15 is 0 Å². The van der Waals surface area contributed by atoms with Crippen molar-refractivity contribution in [2.24, 2.45) is 0 Å². The molecule has 5 heteroatoms. The first-order valence-corrected chi connectivity index (χ1v) is 7.33. The Hall–Kier alpha value is -2.40. The predicted octanol–water partition coefficient (Wildman–Crippen LogP) is 3.50. The minimum absolute atomic E-state index is 0.0953.